The number of nitrogens with zero attached hydrogens (tertiary/aromatic N) is 2. The number of benzene rings is 2. The minimum atomic E-state index is -4.60. The van der Waals surface area contributed by atoms with Crippen LogP contribution in [0.25, 0.3) is 22.4 Å². The minimum absolute atomic E-state index is 0.0279. The Labute approximate surface area is 196 Å². The fourth-order valence-electron chi connectivity index (χ4n) is 4.05. The molecule has 0 saturated carbocycles. The van der Waals surface area contributed by atoms with Crippen LogP contribution in [0.1, 0.15) is 40.4 Å². The number of oxazole rings is 1. The lowest BCUT2D eigenvalue weighted by atomic mass is 9.81. The number of aromatic carboxylic acids is 1. The van der Waals surface area contributed by atoms with E-state index in [1.807, 2.05) is 0 Å². The van der Waals surface area contributed by atoms with Crippen LogP contribution in [-0.4, -0.2) is 26.8 Å². The molecule has 2 unspecified atom stereocenters. The predicted octanol–water partition coefficient (Wildman–Crippen LogP) is 5.99. The van der Waals surface area contributed by atoms with Crippen LogP contribution in [0.2, 0.25) is 5.02 Å². The molecule has 2 aromatic carbocycles. The lowest BCUT2D eigenvalue weighted by Gasteiger charge is -2.28. The average Bonchev–Trinajstić information content (AvgIpc) is 3.06. The van der Waals surface area contributed by atoms with E-state index in [1.54, 1.807) is 12.1 Å². The van der Waals surface area contributed by atoms with E-state index in [0.29, 0.717) is 11.3 Å². The predicted molar refractivity (Wildman–Crippen MR) is 120 cm³/mol. The largest absolute Gasteiger partial charge is 0.477 e. The van der Waals surface area contributed by atoms with E-state index in [-0.39, 0.29) is 32.9 Å². The van der Waals surface area contributed by atoms with Crippen molar-refractivity contribution < 1.29 is 27.5 Å². The van der Waals surface area contributed by atoms with Gasteiger partial charge in [-0.2, -0.15) is 13.2 Å². The maximum Gasteiger partial charge on any atom is 0.419 e. The zero-order valence-electron chi connectivity index (χ0n) is 17.9. The number of carbonyl (C=O) groups is 1. The molecule has 176 valence electrons. The first kappa shape index (κ1) is 23.6. The van der Waals surface area contributed by atoms with Gasteiger partial charge in [-0.25, -0.2) is 14.6 Å². The minimum Gasteiger partial charge on any atom is -0.477 e. The van der Waals surface area contributed by atoms with Crippen LogP contribution in [0, 0.1) is 0 Å². The van der Waals surface area contributed by atoms with E-state index in [1.165, 1.54) is 56.4 Å². The number of carboxylic acids is 1. The number of carboxylic acid groups (broad SMARTS) is 1. The van der Waals surface area contributed by atoms with Gasteiger partial charge in [0.25, 0.3) is 0 Å². The summed E-state index contributed by atoms with van der Waals surface area (Å²) in [4.78, 5) is 27.0. The molecule has 2 heterocycles. The molecule has 0 aliphatic carbocycles. The normalized spacial score (nSPS) is 13.7. The Morgan fingerprint density at radius 3 is 2.53 bits per heavy atom. The summed E-state index contributed by atoms with van der Waals surface area (Å²) < 4.78 is 48.9. The summed E-state index contributed by atoms with van der Waals surface area (Å²) in [6.07, 6.45) is -4.60. The molecule has 0 fully saturated rings. The average molecular weight is 491 g/mol. The fraction of sp³-hybridized carbons (Fsp3) is 0.208. The Morgan fingerprint density at radius 2 is 1.88 bits per heavy atom. The van der Waals surface area contributed by atoms with Crippen molar-refractivity contribution in [3.8, 4) is 11.3 Å². The summed E-state index contributed by atoms with van der Waals surface area (Å²) in [5.74, 6) is -4.83. The van der Waals surface area contributed by atoms with Gasteiger partial charge in [0.2, 0.25) is 0 Å². The Kier molecular flexibility index (Phi) is 5.99. The molecule has 0 bridgehead atoms. The van der Waals surface area contributed by atoms with Gasteiger partial charge in [-0.1, -0.05) is 42.8 Å². The number of aryl methyl sites for hydroxylation is 1. The first-order valence-corrected chi connectivity index (χ1v) is 10.5. The van der Waals surface area contributed by atoms with Crippen molar-refractivity contribution in [3.05, 3.63) is 87.0 Å². The van der Waals surface area contributed by atoms with E-state index in [0.717, 1.165) is 4.57 Å². The van der Waals surface area contributed by atoms with Crippen molar-refractivity contribution in [2.45, 2.75) is 24.9 Å². The fourth-order valence-corrected chi connectivity index (χ4v) is 4.40. The van der Waals surface area contributed by atoms with Gasteiger partial charge in [0, 0.05) is 17.6 Å². The molecule has 0 saturated heterocycles. The summed E-state index contributed by atoms with van der Waals surface area (Å²) in [6.45, 7) is 1.43. The number of aromatic nitrogens is 2. The molecule has 0 aliphatic heterocycles. The van der Waals surface area contributed by atoms with Crippen molar-refractivity contribution in [2.75, 3.05) is 0 Å². The van der Waals surface area contributed by atoms with Crippen LogP contribution in [0.15, 0.2) is 63.8 Å². The van der Waals surface area contributed by atoms with Crippen molar-refractivity contribution >= 4 is 28.7 Å². The van der Waals surface area contributed by atoms with Crippen LogP contribution in [0.3, 0.4) is 0 Å². The highest BCUT2D eigenvalue weighted by Crippen LogP contribution is 2.47. The smallest absolute Gasteiger partial charge is 0.419 e. The van der Waals surface area contributed by atoms with Crippen LogP contribution >= 0.6 is 11.6 Å². The summed E-state index contributed by atoms with van der Waals surface area (Å²) in [6, 6.07) is 12.9. The van der Waals surface area contributed by atoms with E-state index < -0.39 is 29.7 Å². The van der Waals surface area contributed by atoms with Crippen molar-refractivity contribution in [3.63, 3.8) is 0 Å². The van der Waals surface area contributed by atoms with E-state index in [4.69, 9.17) is 21.1 Å². The van der Waals surface area contributed by atoms with Gasteiger partial charge in [0.05, 0.1) is 17.1 Å². The molecule has 0 aliphatic rings. The molecule has 2 atom stereocenters. The van der Waals surface area contributed by atoms with Crippen LogP contribution in [0.5, 0.6) is 0 Å². The second kappa shape index (κ2) is 8.64. The molecule has 1 N–H and O–H groups in total. The third-order valence-electron chi connectivity index (χ3n) is 5.78. The Balaban J connectivity index is 1.75. The number of rotatable bonds is 5. The third kappa shape index (κ3) is 4.31. The molecule has 2 aromatic heterocycles. The zero-order chi connectivity index (χ0) is 24.8. The molecule has 4 rings (SSSR count). The van der Waals surface area contributed by atoms with Gasteiger partial charge in [0.1, 0.15) is 5.69 Å². The topological polar surface area (TPSA) is 85.3 Å². The van der Waals surface area contributed by atoms with Gasteiger partial charge >= 0.3 is 17.9 Å². The second-order valence-electron chi connectivity index (χ2n) is 7.91. The molecule has 4 aromatic rings. The van der Waals surface area contributed by atoms with Gasteiger partial charge in [0.15, 0.2) is 5.58 Å². The number of fused-ring (bicyclic) bond motifs is 1. The quantitative estimate of drug-likeness (QED) is 0.371. The molecule has 0 radical (unpaired) electrons. The summed E-state index contributed by atoms with van der Waals surface area (Å²) in [7, 11) is 1.42. The molecular formula is C24H18ClF3N2O4. The first-order chi connectivity index (χ1) is 16.0. The summed E-state index contributed by atoms with van der Waals surface area (Å²) in [5, 5.41) is 9.23. The monoisotopic (exact) mass is 490 g/mol. The van der Waals surface area contributed by atoms with Crippen LogP contribution in [-0.2, 0) is 7.05 Å². The van der Waals surface area contributed by atoms with Crippen LogP contribution < -0.4 is 5.76 Å². The highest BCUT2D eigenvalue weighted by molar-refractivity contribution is 6.31. The Morgan fingerprint density at radius 1 is 1.15 bits per heavy atom. The Hall–Kier alpha value is -3.59. The molecule has 34 heavy (non-hydrogen) atoms. The van der Waals surface area contributed by atoms with E-state index in [2.05, 4.69) is 4.98 Å². The maximum absolute atomic E-state index is 14.2. The highest BCUT2D eigenvalue weighted by Gasteiger charge is 2.45. The maximum atomic E-state index is 14.2. The number of alkyl halides is 3. The molecule has 10 heteroatoms. The number of pyridine rings is 1. The third-order valence-corrected chi connectivity index (χ3v) is 6.11. The number of hydrogen-bond acceptors (Lipinski definition) is 4. The van der Waals surface area contributed by atoms with Gasteiger partial charge in [-0.05, 0) is 47.4 Å². The zero-order valence-corrected chi connectivity index (χ0v) is 18.7. The Bertz CT molecular complexity index is 1460. The summed E-state index contributed by atoms with van der Waals surface area (Å²) >= 11 is 6.41. The molecule has 6 nitrogen and oxygen atoms in total. The molecule has 0 spiro atoms. The van der Waals surface area contributed by atoms with E-state index in [9.17, 15) is 22.8 Å². The first-order valence-electron chi connectivity index (χ1n) is 10.1. The second-order valence-corrected chi connectivity index (χ2v) is 8.32. The van der Waals surface area contributed by atoms with Crippen molar-refractivity contribution in [1.82, 2.24) is 9.55 Å². The molecule has 0 amide bonds. The van der Waals surface area contributed by atoms with Gasteiger partial charge < -0.3 is 9.52 Å². The number of halogens is 4. The molecular weight excluding hydrogens is 473 g/mol. The van der Waals surface area contributed by atoms with Gasteiger partial charge in [-0.3, -0.25) is 4.57 Å². The lowest BCUT2D eigenvalue weighted by molar-refractivity contribution is -0.154. The SMILES string of the molecule is CC(c1ccc(-c2cccc(C(=O)O)n2)cc1Cl)C(c1ccc2oc(=O)n(C)c2c1)C(F)(F)F. The standard InChI is InChI=1S/C24H18ClF3N2O4/c1-12(15-8-6-13(10-16(15)25)17-4-3-5-18(29-17)22(31)32)21(24(26,27)28)14-7-9-20-19(11-14)30(2)23(33)34-20/h3-12,21H,1-2H3,(H,31,32). The van der Waals surface area contributed by atoms with Crippen molar-refractivity contribution in [1.29, 1.82) is 0 Å². The van der Waals surface area contributed by atoms with Crippen LogP contribution in [0.4, 0.5) is 13.2 Å². The van der Waals surface area contributed by atoms with Crippen molar-refractivity contribution in [2.24, 2.45) is 7.05 Å². The van der Waals surface area contributed by atoms with E-state index >= 15 is 0 Å². The number of hydrogen-bond donors (Lipinski definition) is 1. The highest BCUT2D eigenvalue weighted by atomic mass is 35.5. The van der Waals surface area contributed by atoms with Gasteiger partial charge in [-0.15, -0.1) is 0 Å². The lowest BCUT2D eigenvalue weighted by Crippen LogP contribution is -2.26. The summed E-state index contributed by atoms with van der Waals surface area (Å²) in [5.41, 5.74) is 1.34.